The molecule has 0 bridgehead atoms. The van der Waals surface area contributed by atoms with E-state index in [0.29, 0.717) is 0 Å². The van der Waals surface area contributed by atoms with Crippen molar-refractivity contribution in [3.63, 3.8) is 0 Å². The van der Waals surface area contributed by atoms with Crippen LogP contribution in [0.15, 0.2) is 36.0 Å². The van der Waals surface area contributed by atoms with Gasteiger partial charge in [-0.05, 0) is 43.4 Å². The molecule has 0 radical (unpaired) electrons. The van der Waals surface area contributed by atoms with Gasteiger partial charge >= 0.3 is 0 Å². The molecular formula is C15H22O. The summed E-state index contributed by atoms with van der Waals surface area (Å²) in [5.41, 5.74) is 1.25. The van der Waals surface area contributed by atoms with Crippen LogP contribution in [0.5, 0.6) is 0 Å². The van der Waals surface area contributed by atoms with E-state index < -0.39 is 0 Å². The summed E-state index contributed by atoms with van der Waals surface area (Å²) in [4.78, 5) is 0. The summed E-state index contributed by atoms with van der Waals surface area (Å²) in [6.07, 6.45) is 17.9. The Kier molecular flexibility index (Phi) is 3.65. The lowest BCUT2D eigenvalue weighted by Gasteiger charge is -2.23. The SMILES string of the molecule is COC1(C)C=CC=C(C2CCCCC2)C=C1. The molecule has 0 saturated heterocycles. The Morgan fingerprint density at radius 1 is 1.19 bits per heavy atom. The second-order valence-electron chi connectivity index (χ2n) is 5.08. The number of rotatable bonds is 2. The third-order valence-corrected chi connectivity index (χ3v) is 3.84. The number of ether oxygens (including phenoxy) is 1. The Labute approximate surface area is 98.9 Å². The molecule has 0 amide bonds. The lowest BCUT2D eigenvalue weighted by molar-refractivity contribution is 0.0908. The Morgan fingerprint density at radius 3 is 2.62 bits per heavy atom. The first kappa shape index (κ1) is 11.7. The van der Waals surface area contributed by atoms with Gasteiger partial charge in [0.2, 0.25) is 0 Å². The summed E-state index contributed by atoms with van der Waals surface area (Å²) in [6.45, 7) is 2.09. The van der Waals surface area contributed by atoms with Gasteiger partial charge in [0.25, 0.3) is 0 Å². The third-order valence-electron chi connectivity index (χ3n) is 3.84. The van der Waals surface area contributed by atoms with Gasteiger partial charge in [0, 0.05) is 7.11 Å². The van der Waals surface area contributed by atoms with E-state index in [0.717, 1.165) is 5.92 Å². The minimum atomic E-state index is -0.229. The van der Waals surface area contributed by atoms with Gasteiger partial charge in [-0.25, -0.2) is 0 Å². The van der Waals surface area contributed by atoms with E-state index in [9.17, 15) is 0 Å². The molecule has 0 aliphatic heterocycles. The average molecular weight is 218 g/mol. The van der Waals surface area contributed by atoms with Gasteiger partial charge in [-0.3, -0.25) is 0 Å². The third kappa shape index (κ3) is 2.65. The molecule has 2 aliphatic carbocycles. The summed E-state index contributed by atoms with van der Waals surface area (Å²) >= 11 is 0. The van der Waals surface area contributed by atoms with Crippen molar-refractivity contribution in [1.82, 2.24) is 0 Å². The second-order valence-corrected chi connectivity index (χ2v) is 5.08. The second kappa shape index (κ2) is 5.01. The molecule has 0 heterocycles. The van der Waals surface area contributed by atoms with Crippen LogP contribution in [0.2, 0.25) is 0 Å². The maximum absolute atomic E-state index is 5.49. The highest BCUT2D eigenvalue weighted by Gasteiger charge is 2.20. The molecule has 0 aromatic carbocycles. The van der Waals surface area contributed by atoms with Crippen molar-refractivity contribution in [3.05, 3.63) is 36.0 Å². The molecule has 1 fully saturated rings. The van der Waals surface area contributed by atoms with Crippen LogP contribution in [0, 0.1) is 5.92 Å². The first-order valence-electron chi connectivity index (χ1n) is 6.37. The smallest absolute Gasteiger partial charge is 0.102 e. The molecule has 0 spiro atoms. The lowest BCUT2D eigenvalue weighted by Crippen LogP contribution is -2.20. The molecule has 1 unspecified atom stereocenters. The Balaban J connectivity index is 2.09. The minimum Gasteiger partial charge on any atom is -0.370 e. The Bertz CT molecular complexity index is 318. The zero-order valence-corrected chi connectivity index (χ0v) is 10.4. The summed E-state index contributed by atoms with van der Waals surface area (Å²) in [5.74, 6) is 0.772. The predicted molar refractivity (Wildman–Crippen MR) is 68.4 cm³/mol. The maximum Gasteiger partial charge on any atom is 0.102 e. The van der Waals surface area contributed by atoms with Gasteiger partial charge in [-0.1, -0.05) is 37.5 Å². The molecule has 2 aliphatic rings. The van der Waals surface area contributed by atoms with Crippen molar-refractivity contribution >= 4 is 0 Å². The van der Waals surface area contributed by atoms with E-state index in [4.69, 9.17) is 4.74 Å². The molecule has 16 heavy (non-hydrogen) atoms. The predicted octanol–water partition coefficient (Wildman–Crippen LogP) is 4.02. The van der Waals surface area contributed by atoms with E-state index in [-0.39, 0.29) is 5.60 Å². The molecule has 0 aromatic rings. The Morgan fingerprint density at radius 2 is 1.94 bits per heavy atom. The van der Waals surface area contributed by atoms with E-state index >= 15 is 0 Å². The van der Waals surface area contributed by atoms with Gasteiger partial charge in [0.1, 0.15) is 5.60 Å². The maximum atomic E-state index is 5.49. The summed E-state index contributed by atoms with van der Waals surface area (Å²) in [6, 6.07) is 0. The molecule has 1 nitrogen and oxygen atoms in total. The van der Waals surface area contributed by atoms with Gasteiger partial charge < -0.3 is 4.74 Å². The van der Waals surface area contributed by atoms with Crippen molar-refractivity contribution in [3.8, 4) is 0 Å². The van der Waals surface area contributed by atoms with Crippen molar-refractivity contribution in [1.29, 1.82) is 0 Å². The lowest BCUT2D eigenvalue weighted by atomic mass is 9.83. The highest BCUT2D eigenvalue weighted by Crippen LogP contribution is 2.32. The largest absolute Gasteiger partial charge is 0.370 e. The minimum absolute atomic E-state index is 0.229. The van der Waals surface area contributed by atoms with Crippen LogP contribution in [0.3, 0.4) is 0 Å². The molecule has 2 rings (SSSR count). The normalized spacial score (nSPS) is 31.2. The van der Waals surface area contributed by atoms with Crippen molar-refractivity contribution in [2.75, 3.05) is 7.11 Å². The highest BCUT2D eigenvalue weighted by molar-refractivity contribution is 5.34. The van der Waals surface area contributed by atoms with Crippen molar-refractivity contribution in [2.24, 2.45) is 5.92 Å². The summed E-state index contributed by atoms with van der Waals surface area (Å²) < 4.78 is 5.49. The van der Waals surface area contributed by atoms with Crippen LogP contribution in [0.25, 0.3) is 0 Å². The van der Waals surface area contributed by atoms with Gasteiger partial charge in [0.15, 0.2) is 0 Å². The fraction of sp³-hybridized carbons (Fsp3) is 0.600. The number of allylic oxidation sites excluding steroid dienone is 4. The van der Waals surface area contributed by atoms with Crippen LogP contribution < -0.4 is 0 Å². The van der Waals surface area contributed by atoms with Crippen LogP contribution in [0.1, 0.15) is 39.0 Å². The highest BCUT2D eigenvalue weighted by atomic mass is 16.5. The molecule has 1 heteroatoms. The first-order chi connectivity index (χ1) is 7.73. The van der Waals surface area contributed by atoms with Gasteiger partial charge in [0.05, 0.1) is 0 Å². The summed E-state index contributed by atoms with van der Waals surface area (Å²) in [7, 11) is 1.76. The Hall–Kier alpha value is -0.820. The quantitative estimate of drug-likeness (QED) is 0.680. The van der Waals surface area contributed by atoms with E-state index in [1.165, 1.54) is 37.7 Å². The summed E-state index contributed by atoms with van der Waals surface area (Å²) in [5, 5.41) is 0. The number of methoxy groups -OCH3 is 1. The molecule has 0 N–H and O–H groups in total. The number of hydrogen-bond donors (Lipinski definition) is 0. The standard InChI is InChI=1S/C15H22O/c1-15(16-2)11-6-9-14(10-12-15)13-7-4-3-5-8-13/h6,9-13H,3-5,7-8H2,1-2H3. The van der Waals surface area contributed by atoms with Crippen LogP contribution in [-0.4, -0.2) is 12.7 Å². The van der Waals surface area contributed by atoms with E-state index in [2.05, 4.69) is 37.3 Å². The topological polar surface area (TPSA) is 9.23 Å². The average Bonchev–Trinajstić information content (AvgIpc) is 2.53. The zero-order chi connectivity index (χ0) is 11.4. The zero-order valence-electron chi connectivity index (χ0n) is 10.4. The van der Waals surface area contributed by atoms with Gasteiger partial charge in [-0.2, -0.15) is 0 Å². The monoisotopic (exact) mass is 218 g/mol. The molecule has 1 saturated carbocycles. The van der Waals surface area contributed by atoms with Gasteiger partial charge in [-0.15, -0.1) is 0 Å². The van der Waals surface area contributed by atoms with Crippen LogP contribution in [-0.2, 0) is 4.74 Å². The molecule has 0 aromatic heterocycles. The molecule has 88 valence electrons. The first-order valence-corrected chi connectivity index (χ1v) is 6.37. The fourth-order valence-corrected chi connectivity index (χ4v) is 2.57. The van der Waals surface area contributed by atoms with Crippen LogP contribution >= 0.6 is 0 Å². The fourth-order valence-electron chi connectivity index (χ4n) is 2.57. The van der Waals surface area contributed by atoms with Crippen molar-refractivity contribution < 1.29 is 4.74 Å². The van der Waals surface area contributed by atoms with E-state index in [1.807, 2.05) is 0 Å². The van der Waals surface area contributed by atoms with E-state index in [1.54, 1.807) is 7.11 Å². The molecular weight excluding hydrogens is 196 g/mol. The van der Waals surface area contributed by atoms with Crippen LogP contribution in [0.4, 0.5) is 0 Å². The van der Waals surface area contributed by atoms with Crippen molar-refractivity contribution in [2.45, 2.75) is 44.6 Å². The molecule has 1 atom stereocenters. The number of hydrogen-bond acceptors (Lipinski definition) is 1.